The largest absolute Gasteiger partial charge is 0.384 e. The second-order valence-electron chi connectivity index (χ2n) is 5.07. The van der Waals surface area contributed by atoms with Crippen LogP contribution in [0.5, 0.6) is 0 Å². The summed E-state index contributed by atoms with van der Waals surface area (Å²) in [7, 11) is 1.64. The smallest absolute Gasteiger partial charge is 0.252 e. The third-order valence-electron chi connectivity index (χ3n) is 3.80. The van der Waals surface area contributed by atoms with E-state index < -0.39 is 5.82 Å². The molecule has 0 aliphatic heterocycles. The summed E-state index contributed by atoms with van der Waals surface area (Å²) in [4.78, 5) is 12.2. The van der Waals surface area contributed by atoms with Crippen LogP contribution in [0, 0.1) is 17.7 Å². The summed E-state index contributed by atoms with van der Waals surface area (Å²) in [6, 6.07) is 3.80. The number of ether oxygens (including phenoxy) is 1. The van der Waals surface area contributed by atoms with Crippen molar-refractivity contribution in [3.05, 3.63) is 35.1 Å². The number of aliphatic hydroxyl groups excluding tert-OH is 1. The van der Waals surface area contributed by atoms with Gasteiger partial charge in [0, 0.05) is 19.2 Å². The predicted molar refractivity (Wildman–Crippen MR) is 76.3 cm³/mol. The summed E-state index contributed by atoms with van der Waals surface area (Å²) in [5, 5.41) is 11.5. The van der Waals surface area contributed by atoms with Crippen LogP contribution in [0.2, 0.25) is 0 Å². The average molecular weight is 291 g/mol. The summed E-state index contributed by atoms with van der Waals surface area (Å²) in [5.74, 6) is 4.23. The minimum Gasteiger partial charge on any atom is -0.384 e. The van der Waals surface area contributed by atoms with Crippen LogP contribution in [0.3, 0.4) is 0 Å². The molecule has 112 valence electrons. The fourth-order valence-corrected chi connectivity index (χ4v) is 2.31. The second-order valence-corrected chi connectivity index (χ2v) is 5.07. The Labute approximate surface area is 123 Å². The predicted octanol–water partition coefficient (Wildman–Crippen LogP) is 1.47. The number of benzene rings is 1. The maximum absolute atomic E-state index is 13.2. The van der Waals surface area contributed by atoms with Gasteiger partial charge in [-0.25, -0.2) is 4.39 Å². The van der Waals surface area contributed by atoms with E-state index in [0.717, 1.165) is 19.3 Å². The topological polar surface area (TPSA) is 58.6 Å². The van der Waals surface area contributed by atoms with Crippen LogP contribution in [0.25, 0.3) is 0 Å². The lowest BCUT2D eigenvalue weighted by molar-refractivity contribution is -0.0679. The first-order valence-electron chi connectivity index (χ1n) is 6.83. The van der Waals surface area contributed by atoms with Gasteiger partial charge in [0.1, 0.15) is 12.4 Å². The summed E-state index contributed by atoms with van der Waals surface area (Å²) in [5.41, 5.74) is 0.289. The number of carbonyl (C=O) groups excluding carboxylic acids is 1. The van der Waals surface area contributed by atoms with E-state index in [0.29, 0.717) is 12.1 Å². The first-order chi connectivity index (χ1) is 10.1. The molecule has 0 unspecified atom stereocenters. The SMILES string of the molecule is COC1(CNC(=O)c2ccc(F)cc2C#CCO)CCC1. The van der Waals surface area contributed by atoms with E-state index in [-0.39, 0.29) is 23.7 Å². The second kappa shape index (κ2) is 6.70. The number of rotatable bonds is 4. The van der Waals surface area contributed by atoms with Gasteiger partial charge in [-0.3, -0.25) is 4.79 Å². The molecule has 0 aromatic heterocycles. The Morgan fingerprint density at radius 1 is 1.52 bits per heavy atom. The first-order valence-corrected chi connectivity index (χ1v) is 6.83. The van der Waals surface area contributed by atoms with Gasteiger partial charge in [-0.2, -0.15) is 0 Å². The highest BCUT2D eigenvalue weighted by Crippen LogP contribution is 2.34. The van der Waals surface area contributed by atoms with E-state index in [1.807, 2.05) is 0 Å². The monoisotopic (exact) mass is 291 g/mol. The highest BCUT2D eigenvalue weighted by molar-refractivity contribution is 5.96. The number of carbonyl (C=O) groups is 1. The van der Waals surface area contributed by atoms with Crippen molar-refractivity contribution in [2.75, 3.05) is 20.3 Å². The fourth-order valence-electron chi connectivity index (χ4n) is 2.31. The average Bonchev–Trinajstić information content (AvgIpc) is 2.44. The molecule has 0 saturated heterocycles. The Kier molecular flexibility index (Phi) is 4.94. The molecule has 1 aromatic rings. The standard InChI is InChI=1S/C16H18FNO3/c1-21-16(7-3-8-16)11-18-15(20)14-6-5-13(17)10-12(14)4-2-9-19/h5-6,10,19H,3,7-9,11H2,1H3,(H,18,20). The van der Waals surface area contributed by atoms with Crippen molar-refractivity contribution in [1.29, 1.82) is 0 Å². The van der Waals surface area contributed by atoms with E-state index in [9.17, 15) is 9.18 Å². The maximum atomic E-state index is 13.2. The van der Waals surface area contributed by atoms with Gasteiger partial charge in [-0.1, -0.05) is 11.8 Å². The quantitative estimate of drug-likeness (QED) is 0.826. The fraction of sp³-hybridized carbons (Fsp3) is 0.438. The lowest BCUT2D eigenvalue weighted by atomic mass is 9.80. The number of hydrogen-bond acceptors (Lipinski definition) is 3. The summed E-state index contributed by atoms with van der Waals surface area (Å²) < 4.78 is 18.7. The number of aliphatic hydroxyl groups is 1. The third kappa shape index (κ3) is 3.60. The van der Waals surface area contributed by atoms with E-state index in [2.05, 4.69) is 17.2 Å². The Bertz CT molecular complexity index is 579. The minimum absolute atomic E-state index is 0.265. The van der Waals surface area contributed by atoms with E-state index in [4.69, 9.17) is 9.84 Å². The Morgan fingerprint density at radius 2 is 2.29 bits per heavy atom. The van der Waals surface area contributed by atoms with E-state index >= 15 is 0 Å². The molecule has 1 aliphatic rings. The van der Waals surface area contributed by atoms with Gasteiger partial charge < -0.3 is 15.2 Å². The number of nitrogens with one attached hydrogen (secondary N) is 1. The van der Waals surface area contributed by atoms with Crippen molar-refractivity contribution in [2.45, 2.75) is 24.9 Å². The molecule has 1 fully saturated rings. The lowest BCUT2D eigenvalue weighted by Gasteiger charge is -2.40. The number of halogens is 1. The third-order valence-corrected chi connectivity index (χ3v) is 3.80. The molecule has 1 aliphatic carbocycles. The van der Waals surface area contributed by atoms with Crippen molar-refractivity contribution in [3.8, 4) is 11.8 Å². The summed E-state index contributed by atoms with van der Waals surface area (Å²) in [6.07, 6.45) is 2.93. The van der Waals surface area contributed by atoms with Crippen molar-refractivity contribution < 1.29 is 19.0 Å². The normalized spacial score (nSPS) is 15.6. The van der Waals surface area contributed by atoms with Gasteiger partial charge in [0.2, 0.25) is 0 Å². The highest BCUT2D eigenvalue weighted by Gasteiger charge is 2.37. The zero-order chi connectivity index (χ0) is 15.3. The molecule has 4 nitrogen and oxygen atoms in total. The molecule has 1 amide bonds. The molecular formula is C16H18FNO3. The van der Waals surface area contributed by atoms with Gasteiger partial charge in [-0.15, -0.1) is 0 Å². The van der Waals surface area contributed by atoms with Crippen LogP contribution in [0.4, 0.5) is 4.39 Å². The summed E-state index contributed by atoms with van der Waals surface area (Å²) >= 11 is 0. The molecular weight excluding hydrogens is 273 g/mol. The van der Waals surface area contributed by atoms with Crippen LogP contribution < -0.4 is 5.32 Å². The van der Waals surface area contributed by atoms with Crippen LogP contribution in [0.15, 0.2) is 18.2 Å². The number of amides is 1. The molecule has 0 atom stereocenters. The van der Waals surface area contributed by atoms with Crippen LogP contribution in [-0.4, -0.2) is 36.9 Å². The van der Waals surface area contributed by atoms with Gasteiger partial charge in [0.25, 0.3) is 5.91 Å². The first kappa shape index (κ1) is 15.5. The molecule has 0 radical (unpaired) electrons. The molecule has 21 heavy (non-hydrogen) atoms. The molecule has 0 heterocycles. The molecule has 2 N–H and O–H groups in total. The zero-order valence-electron chi connectivity index (χ0n) is 11.9. The number of methoxy groups -OCH3 is 1. The molecule has 1 aromatic carbocycles. The molecule has 0 bridgehead atoms. The number of hydrogen-bond donors (Lipinski definition) is 2. The maximum Gasteiger partial charge on any atom is 0.252 e. The minimum atomic E-state index is -0.471. The van der Waals surface area contributed by atoms with E-state index in [1.54, 1.807) is 7.11 Å². The lowest BCUT2D eigenvalue weighted by Crippen LogP contribution is -2.49. The van der Waals surface area contributed by atoms with Gasteiger partial charge in [0.05, 0.1) is 11.2 Å². The van der Waals surface area contributed by atoms with Crippen LogP contribution in [-0.2, 0) is 4.74 Å². The Morgan fingerprint density at radius 3 is 2.86 bits per heavy atom. The molecule has 1 saturated carbocycles. The molecule has 2 rings (SSSR count). The molecule has 0 spiro atoms. The molecule has 5 heteroatoms. The van der Waals surface area contributed by atoms with Crippen molar-refractivity contribution in [1.82, 2.24) is 5.32 Å². The Balaban J connectivity index is 2.11. The van der Waals surface area contributed by atoms with Gasteiger partial charge in [0.15, 0.2) is 0 Å². The summed E-state index contributed by atoms with van der Waals surface area (Å²) in [6.45, 7) is 0.0803. The van der Waals surface area contributed by atoms with Crippen LogP contribution in [0.1, 0.15) is 35.2 Å². The Hall–Kier alpha value is -1.90. The highest BCUT2D eigenvalue weighted by atomic mass is 19.1. The van der Waals surface area contributed by atoms with Crippen LogP contribution >= 0.6 is 0 Å². The van der Waals surface area contributed by atoms with Crippen molar-refractivity contribution >= 4 is 5.91 Å². The van der Waals surface area contributed by atoms with Gasteiger partial charge >= 0.3 is 0 Å². The van der Waals surface area contributed by atoms with Gasteiger partial charge in [-0.05, 0) is 37.5 Å². The van der Waals surface area contributed by atoms with Crippen molar-refractivity contribution in [2.24, 2.45) is 0 Å². The zero-order valence-corrected chi connectivity index (χ0v) is 11.9. The van der Waals surface area contributed by atoms with Crippen molar-refractivity contribution in [3.63, 3.8) is 0 Å². The van der Waals surface area contributed by atoms with E-state index in [1.165, 1.54) is 18.2 Å².